The number of carbonyl (C=O) groups is 3. The lowest BCUT2D eigenvalue weighted by molar-refractivity contribution is -0.498. The molecular formula is C56H84N4O23S2. The minimum absolute atomic E-state index is 0.0229. The summed E-state index contributed by atoms with van der Waals surface area (Å²) in [7, 11) is -8.76. The molecule has 85 heavy (non-hydrogen) atoms. The van der Waals surface area contributed by atoms with Crippen molar-refractivity contribution in [3.63, 3.8) is 0 Å². The van der Waals surface area contributed by atoms with E-state index < -0.39 is 53.2 Å². The van der Waals surface area contributed by atoms with Gasteiger partial charge in [-0.15, -0.1) is 0 Å². The first kappa shape index (κ1) is 72.2. The van der Waals surface area contributed by atoms with E-state index >= 15 is 0 Å². The number of hydrogen-bond acceptors (Lipinski definition) is 22. The first-order valence-electron chi connectivity index (χ1n) is 28.2. The third kappa shape index (κ3) is 27.5. The molecule has 2 aromatic rings. The lowest BCUT2D eigenvalue weighted by Crippen LogP contribution is -2.76. The molecular weight excluding hydrogens is 1160 g/mol. The van der Waals surface area contributed by atoms with Crippen molar-refractivity contribution in [2.24, 2.45) is 0 Å². The maximum atomic E-state index is 14.2. The zero-order valence-electron chi connectivity index (χ0n) is 48.8. The Bertz CT molecular complexity index is 2860. The van der Waals surface area contributed by atoms with E-state index in [9.17, 15) is 40.3 Å². The van der Waals surface area contributed by atoms with Crippen LogP contribution in [0.15, 0.2) is 62.7 Å². The van der Waals surface area contributed by atoms with E-state index in [1.807, 2.05) is 0 Å². The molecule has 1 aliphatic carbocycles. The van der Waals surface area contributed by atoms with Gasteiger partial charge >= 0.3 is 16.1 Å². The molecule has 5 N–H and O–H groups in total. The second-order valence-electron chi connectivity index (χ2n) is 18.3. The van der Waals surface area contributed by atoms with Crippen molar-refractivity contribution in [1.82, 2.24) is 10.2 Å². The number of benzene rings is 3. The van der Waals surface area contributed by atoms with Crippen LogP contribution in [0.4, 0.5) is 5.69 Å². The summed E-state index contributed by atoms with van der Waals surface area (Å²) < 4.78 is 147. The smallest absolute Gasteiger partial charge is 0.305 e. The lowest BCUT2D eigenvalue weighted by atomic mass is 9.90. The molecule has 0 radical (unpaired) electrons. The average molecular weight is 1250 g/mol. The van der Waals surface area contributed by atoms with Crippen LogP contribution in [0.3, 0.4) is 0 Å². The summed E-state index contributed by atoms with van der Waals surface area (Å²) in [6.45, 7) is 13.8. The average Bonchev–Trinajstić information content (AvgIpc) is 1.12. The van der Waals surface area contributed by atoms with Crippen LogP contribution in [0, 0.1) is 0 Å². The van der Waals surface area contributed by atoms with Gasteiger partial charge < -0.3 is 86.5 Å². The van der Waals surface area contributed by atoms with E-state index in [1.165, 1.54) is 29.2 Å². The molecule has 0 atom stereocenters. The monoisotopic (exact) mass is 1240 g/mol. The summed E-state index contributed by atoms with van der Waals surface area (Å²) in [5.74, 6) is -2.05. The van der Waals surface area contributed by atoms with Crippen LogP contribution in [-0.4, -0.2) is 246 Å². The molecule has 27 nitrogen and oxygen atoms in total. The van der Waals surface area contributed by atoms with Gasteiger partial charge in [-0.3, -0.25) is 18.9 Å². The van der Waals surface area contributed by atoms with Crippen molar-refractivity contribution < 1.29 is 112 Å². The maximum Gasteiger partial charge on any atom is 0.305 e. The number of rotatable bonds is 50. The third-order valence-corrected chi connectivity index (χ3v) is 13.8. The van der Waals surface area contributed by atoms with E-state index in [1.54, 1.807) is 45.2 Å². The van der Waals surface area contributed by atoms with Gasteiger partial charge in [0.05, 0.1) is 171 Å². The largest absolute Gasteiger partial charge is 0.744 e. The van der Waals surface area contributed by atoms with Gasteiger partial charge in [-0.05, 0) is 50.1 Å². The second kappa shape index (κ2) is 41.7. The molecule has 2 aromatic carbocycles. The highest BCUT2D eigenvalue weighted by Crippen LogP contribution is 2.46. The molecule has 0 bridgehead atoms. The van der Waals surface area contributed by atoms with Gasteiger partial charge in [-0.25, -0.2) is 13.4 Å². The number of hydrogen-bond donors (Lipinski definition) is 5. The maximum absolute atomic E-state index is 14.2. The third-order valence-electron chi connectivity index (χ3n) is 12.0. The van der Waals surface area contributed by atoms with E-state index in [2.05, 4.69) is 15.6 Å². The number of amides is 2. The van der Waals surface area contributed by atoms with Gasteiger partial charge in [0.15, 0.2) is 11.3 Å². The number of aliphatic carboxylic acids is 1. The Hall–Kier alpha value is -5.32. The van der Waals surface area contributed by atoms with Crippen molar-refractivity contribution in [3.05, 3.63) is 59.5 Å². The molecule has 2 amide bonds. The Morgan fingerprint density at radius 3 is 1.48 bits per heavy atom. The van der Waals surface area contributed by atoms with Crippen LogP contribution in [0.2, 0.25) is 0 Å². The van der Waals surface area contributed by atoms with Gasteiger partial charge in [0.2, 0.25) is 16.2 Å². The van der Waals surface area contributed by atoms with Gasteiger partial charge in [-0.2, -0.15) is 8.42 Å². The Labute approximate surface area is 496 Å². The topological polar surface area (TPSA) is 348 Å². The minimum atomic E-state index is -5.28. The van der Waals surface area contributed by atoms with Gasteiger partial charge in [0.1, 0.15) is 21.6 Å². The summed E-state index contributed by atoms with van der Waals surface area (Å²) in [5.41, 5.74) is 0.0956. The Balaban J connectivity index is 0.993. The highest BCUT2D eigenvalue weighted by molar-refractivity contribution is 7.86. The molecule has 2 aliphatic rings. The van der Waals surface area contributed by atoms with Crippen LogP contribution in [0.1, 0.15) is 43.5 Å². The zero-order chi connectivity index (χ0) is 61.6. The molecule has 0 aromatic heterocycles. The Morgan fingerprint density at radius 2 is 1.05 bits per heavy atom. The van der Waals surface area contributed by atoms with Gasteiger partial charge in [-0.1, -0.05) is 18.2 Å². The normalized spacial score (nSPS) is 12.2. The number of carboxylic acids is 1. The molecule has 0 fully saturated rings. The van der Waals surface area contributed by atoms with Crippen LogP contribution in [0.5, 0.6) is 0 Å². The van der Waals surface area contributed by atoms with E-state index in [0.29, 0.717) is 152 Å². The predicted molar refractivity (Wildman–Crippen MR) is 306 cm³/mol. The van der Waals surface area contributed by atoms with E-state index in [4.69, 9.17) is 66.4 Å². The van der Waals surface area contributed by atoms with Crippen LogP contribution >= 0.6 is 0 Å². The Kier molecular flexibility index (Phi) is 35.4. The number of ether oxygens (including phenoxy) is 12. The second-order valence-corrected chi connectivity index (χ2v) is 21.0. The van der Waals surface area contributed by atoms with Crippen molar-refractivity contribution >= 4 is 54.7 Å². The van der Waals surface area contributed by atoms with Crippen LogP contribution < -0.4 is 21.0 Å². The fraction of sp³-hybridized carbons (Fsp3) is 0.607. The quantitative estimate of drug-likeness (QED) is 0.0237. The SMILES string of the molecule is CCNc1ccc2c(-c3ccccc3C(=O)N(C)CCCC(=O)NCCOCCOCCOCCOCCOCCOCCOCCOCCOCCOCCOCCOCCC(=O)O)c3ccc(=[NH+]CC)c(S(=O)(=O)O)c-3oc2c1S(=O)(=O)[O-]. The predicted octanol–water partition coefficient (Wildman–Crippen LogP) is 1.43. The lowest BCUT2D eigenvalue weighted by Gasteiger charge is -2.23. The number of anilines is 1. The fourth-order valence-electron chi connectivity index (χ4n) is 8.13. The molecule has 4 rings (SSSR count). The first-order valence-corrected chi connectivity index (χ1v) is 31.0. The highest BCUT2D eigenvalue weighted by atomic mass is 32.2. The molecule has 0 saturated heterocycles. The summed E-state index contributed by atoms with van der Waals surface area (Å²) in [6, 6.07) is 12.2. The summed E-state index contributed by atoms with van der Waals surface area (Å²) in [4.78, 5) is 40.1. The molecule has 29 heteroatoms. The fourth-order valence-corrected chi connectivity index (χ4v) is 9.72. The van der Waals surface area contributed by atoms with E-state index in [0.717, 1.165) is 0 Å². The van der Waals surface area contributed by atoms with Gasteiger partial charge in [0, 0.05) is 61.2 Å². The number of nitrogens with zero attached hydrogens (tertiary/aromatic N) is 1. The Morgan fingerprint density at radius 1 is 0.588 bits per heavy atom. The standard InChI is InChI=1S/C56H84N4O23S2/c1-4-57-47-14-12-45-51(46-13-15-48(58-5-2)55(85(68,69)70)53(46)83-52(45)54(47)84(65,66)67)43-9-6-7-10-44(43)56(64)60(3)18-8-11-49(61)59-17-20-72-22-24-74-26-28-76-30-32-78-34-36-80-38-40-82-42-41-81-39-37-79-35-33-77-31-29-75-27-25-73-23-21-71-19-16-50(62)63/h6-7,9-10,12-15,57H,4-5,8,11,16-42H2,1-3H3,(H,59,61)(H,62,63)(H,65,66,67)(H,68,69,70). The summed E-state index contributed by atoms with van der Waals surface area (Å²) in [5, 5.41) is 14.2. The first-order chi connectivity index (χ1) is 41.1. The minimum Gasteiger partial charge on any atom is -0.744 e. The van der Waals surface area contributed by atoms with E-state index in [-0.39, 0.29) is 96.8 Å². The summed E-state index contributed by atoms with van der Waals surface area (Å²) >= 11 is 0. The number of fused-ring (bicyclic) bond motifs is 2. The molecule has 0 unspecified atom stereocenters. The molecule has 478 valence electrons. The van der Waals surface area contributed by atoms with Crippen LogP contribution in [-0.2, 0) is 86.7 Å². The highest BCUT2D eigenvalue weighted by Gasteiger charge is 2.33. The molecule has 1 heterocycles. The van der Waals surface area contributed by atoms with Crippen LogP contribution in [0.25, 0.3) is 33.4 Å². The zero-order valence-corrected chi connectivity index (χ0v) is 50.4. The van der Waals surface area contributed by atoms with Crippen molar-refractivity contribution in [1.29, 1.82) is 0 Å². The van der Waals surface area contributed by atoms with Crippen molar-refractivity contribution in [3.8, 4) is 22.5 Å². The van der Waals surface area contributed by atoms with Crippen molar-refractivity contribution in [2.75, 3.05) is 197 Å². The molecule has 0 saturated carbocycles. The van der Waals surface area contributed by atoms with Crippen molar-refractivity contribution in [2.45, 2.75) is 42.9 Å². The molecule has 0 spiro atoms. The number of carbonyl (C=O) groups excluding carboxylic acids is 2. The summed E-state index contributed by atoms with van der Waals surface area (Å²) in [6.07, 6.45) is 0.387. The molecule has 1 aliphatic heterocycles. The number of carboxylic acid groups (broad SMARTS) is 1. The number of nitrogens with one attached hydrogen (secondary N) is 3. The van der Waals surface area contributed by atoms with Gasteiger partial charge in [0.25, 0.3) is 5.91 Å².